The van der Waals surface area contributed by atoms with E-state index in [0.717, 1.165) is 36.0 Å². The number of nitrogens with one attached hydrogen (secondary N) is 2. The van der Waals surface area contributed by atoms with Crippen LogP contribution in [0.4, 0.5) is 24.8 Å². The molecule has 7 heteroatoms. The Morgan fingerprint density at radius 3 is 2.44 bits per heavy atom. The van der Waals surface area contributed by atoms with Crippen molar-refractivity contribution in [1.82, 2.24) is 9.97 Å². The van der Waals surface area contributed by atoms with Gasteiger partial charge in [-0.3, -0.25) is 0 Å². The Morgan fingerprint density at radius 2 is 1.68 bits per heavy atom. The van der Waals surface area contributed by atoms with Gasteiger partial charge in [0.2, 0.25) is 0 Å². The van der Waals surface area contributed by atoms with Crippen LogP contribution >= 0.6 is 0 Å². The third kappa shape index (κ3) is 5.51. The molecule has 2 heterocycles. The number of nitrogens with zero attached hydrogens (tertiary/aromatic N) is 2. The predicted octanol–water partition coefficient (Wildman–Crippen LogP) is 7.40. The summed E-state index contributed by atoms with van der Waals surface area (Å²) in [6.07, 6.45) is 6.14. The standard InChI is InChI=1S/C27H29F3N4/c28-27(29,30)20-7-4-6-18(14-20)16-31-25-11-5-10-24(34-25)22-15-26(32-17-23(22)19-12-13-19)33-21-8-2-1-3-9-21/h4-7,10-11,14-15,17,19,21H,1-3,8-9,12-13,16H2,(H,31,34)(H,32,33). The second-order valence-electron chi connectivity index (χ2n) is 9.37. The maximum absolute atomic E-state index is 13.0. The number of anilines is 2. The Hall–Kier alpha value is -3.09. The molecule has 4 nitrogen and oxygen atoms in total. The van der Waals surface area contributed by atoms with E-state index < -0.39 is 11.7 Å². The highest BCUT2D eigenvalue weighted by atomic mass is 19.4. The van der Waals surface area contributed by atoms with E-state index in [9.17, 15) is 13.2 Å². The SMILES string of the molecule is FC(F)(F)c1cccc(CNc2cccc(-c3cc(NC4CCCCC4)ncc3C3CC3)n2)c1. The average Bonchev–Trinajstić information content (AvgIpc) is 3.69. The van der Waals surface area contributed by atoms with E-state index in [1.807, 2.05) is 24.4 Å². The summed E-state index contributed by atoms with van der Waals surface area (Å²) < 4.78 is 39.1. The molecule has 0 unspecified atom stereocenters. The first-order chi connectivity index (χ1) is 16.5. The topological polar surface area (TPSA) is 49.8 Å². The maximum Gasteiger partial charge on any atom is 0.416 e. The van der Waals surface area contributed by atoms with Crippen LogP contribution in [0, 0.1) is 0 Å². The van der Waals surface area contributed by atoms with E-state index in [4.69, 9.17) is 9.97 Å². The van der Waals surface area contributed by atoms with Gasteiger partial charge in [0, 0.05) is 24.3 Å². The summed E-state index contributed by atoms with van der Waals surface area (Å²) in [6, 6.07) is 13.7. The van der Waals surface area contributed by atoms with E-state index in [1.54, 1.807) is 6.07 Å². The Labute approximate surface area is 198 Å². The van der Waals surface area contributed by atoms with Gasteiger partial charge in [0.15, 0.2) is 0 Å². The number of benzene rings is 1. The Morgan fingerprint density at radius 1 is 0.882 bits per heavy atom. The van der Waals surface area contributed by atoms with Gasteiger partial charge in [-0.25, -0.2) is 9.97 Å². The van der Waals surface area contributed by atoms with E-state index >= 15 is 0 Å². The summed E-state index contributed by atoms with van der Waals surface area (Å²) in [6.45, 7) is 0.265. The van der Waals surface area contributed by atoms with Crippen molar-refractivity contribution >= 4 is 11.6 Å². The van der Waals surface area contributed by atoms with Crippen LogP contribution in [0.5, 0.6) is 0 Å². The molecule has 0 spiro atoms. The summed E-state index contributed by atoms with van der Waals surface area (Å²) in [4.78, 5) is 9.50. The molecule has 0 atom stereocenters. The quantitative estimate of drug-likeness (QED) is 0.381. The Balaban J connectivity index is 1.35. The molecule has 0 amide bonds. The lowest BCUT2D eigenvalue weighted by Gasteiger charge is -2.24. The maximum atomic E-state index is 13.0. The van der Waals surface area contributed by atoms with Crippen molar-refractivity contribution < 1.29 is 13.2 Å². The molecule has 2 saturated carbocycles. The third-order valence-electron chi connectivity index (χ3n) is 6.66. The number of halogens is 3. The fraction of sp³-hybridized carbons (Fsp3) is 0.407. The molecule has 2 aliphatic rings. The lowest BCUT2D eigenvalue weighted by Crippen LogP contribution is -2.22. The zero-order valence-electron chi connectivity index (χ0n) is 19.0. The van der Waals surface area contributed by atoms with Crippen LogP contribution in [0.25, 0.3) is 11.3 Å². The van der Waals surface area contributed by atoms with Crippen LogP contribution in [0.2, 0.25) is 0 Å². The highest BCUT2D eigenvalue weighted by Crippen LogP contribution is 2.44. The number of pyridine rings is 2. The monoisotopic (exact) mass is 466 g/mol. The van der Waals surface area contributed by atoms with Crippen molar-refractivity contribution in [3.63, 3.8) is 0 Å². The molecular formula is C27H29F3N4. The fourth-order valence-electron chi connectivity index (χ4n) is 4.68. The number of hydrogen-bond acceptors (Lipinski definition) is 4. The highest BCUT2D eigenvalue weighted by Gasteiger charge is 2.30. The van der Waals surface area contributed by atoms with Gasteiger partial charge >= 0.3 is 6.18 Å². The van der Waals surface area contributed by atoms with Crippen LogP contribution in [0.15, 0.2) is 54.7 Å². The van der Waals surface area contributed by atoms with Crippen molar-refractivity contribution in [2.45, 2.75) is 69.6 Å². The molecule has 178 valence electrons. The van der Waals surface area contributed by atoms with Gasteiger partial charge in [0.25, 0.3) is 0 Å². The van der Waals surface area contributed by atoms with E-state index in [-0.39, 0.29) is 6.54 Å². The first kappa shape index (κ1) is 22.7. The summed E-state index contributed by atoms with van der Waals surface area (Å²) >= 11 is 0. The summed E-state index contributed by atoms with van der Waals surface area (Å²) in [7, 11) is 0. The highest BCUT2D eigenvalue weighted by molar-refractivity contribution is 5.69. The molecule has 1 aromatic carbocycles. The van der Waals surface area contributed by atoms with Crippen molar-refractivity contribution in [2.75, 3.05) is 10.6 Å². The molecule has 2 aliphatic carbocycles. The van der Waals surface area contributed by atoms with Crippen LogP contribution < -0.4 is 10.6 Å². The van der Waals surface area contributed by atoms with Gasteiger partial charge in [-0.1, -0.05) is 37.5 Å². The molecule has 3 aromatic rings. The van der Waals surface area contributed by atoms with E-state index in [0.29, 0.717) is 23.3 Å². The largest absolute Gasteiger partial charge is 0.416 e. The van der Waals surface area contributed by atoms with Crippen LogP contribution in [0.3, 0.4) is 0 Å². The van der Waals surface area contributed by atoms with Gasteiger partial charge in [-0.15, -0.1) is 0 Å². The average molecular weight is 467 g/mol. The number of rotatable bonds is 7. The summed E-state index contributed by atoms with van der Waals surface area (Å²) in [5.74, 6) is 2.04. The van der Waals surface area contributed by atoms with E-state index in [1.165, 1.54) is 49.8 Å². The molecule has 5 rings (SSSR count). The third-order valence-corrected chi connectivity index (χ3v) is 6.66. The first-order valence-electron chi connectivity index (χ1n) is 12.1. The second-order valence-corrected chi connectivity index (χ2v) is 9.37. The van der Waals surface area contributed by atoms with E-state index in [2.05, 4.69) is 16.7 Å². The molecule has 0 bridgehead atoms. The smallest absolute Gasteiger partial charge is 0.367 e. The minimum atomic E-state index is -4.35. The van der Waals surface area contributed by atoms with Crippen molar-refractivity contribution in [3.8, 4) is 11.3 Å². The van der Waals surface area contributed by atoms with Crippen LogP contribution in [-0.2, 0) is 12.7 Å². The molecule has 0 radical (unpaired) electrons. The predicted molar refractivity (Wildman–Crippen MR) is 129 cm³/mol. The van der Waals surface area contributed by atoms with Crippen molar-refractivity contribution in [3.05, 3.63) is 71.4 Å². The lowest BCUT2D eigenvalue weighted by molar-refractivity contribution is -0.137. The summed E-state index contributed by atoms with van der Waals surface area (Å²) in [5, 5.41) is 6.79. The minimum absolute atomic E-state index is 0.265. The second kappa shape index (κ2) is 9.65. The normalized spacial score (nSPS) is 16.9. The molecule has 0 saturated heterocycles. The van der Waals surface area contributed by atoms with Gasteiger partial charge in [-0.2, -0.15) is 13.2 Å². The summed E-state index contributed by atoms with van der Waals surface area (Å²) in [5.41, 5.74) is 3.07. The molecule has 34 heavy (non-hydrogen) atoms. The molecular weight excluding hydrogens is 437 g/mol. The molecule has 0 aliphatic heterocycles. The zero-order chi connectivity index (χ0) is 23.5. The number of alkyl halides is 3. The number of aromatic nitrogens is 2. The fourth-order valence-corrected chi connectivity index (χ4v) is 4.68. The van der Waals surface area contributed by atoms with Crippen LogP contribution in [0.1, 0.15) is 67.6 Å². The molecule has 2 aromatic heterocycles. The lowest BCUT2D eigenvalue weighted by atomic mass is 9.95. The van der Waals surface area contributed by atoms with Gasteiger partial charge < -0.3 is 10.6 Å². The minimum Gasteiger partial charge on any atom is -0.367 e. The Kier molecular flexibility index (Phi) is 6.44. The van der Waals surface area contributed by atoms with Gasteiger partial charge in [0.1, 0.15) is 11.6 Å². The first-order valence-corrected chi connectivity index (χ1v) is 12.1. The molecule has 2 fully saturated rings. The van der Waals surface area contributed by atoms with Gasteiger partial charge in [0.05, 0.1) is 11.3 Å². The van der Waals surface area contributed by atoms with Crippen molar-refractivity contribution in [2.24, 2.45) is 0 Å². The van der Waals surface area contributed by atoms with Crippen LogP contribution in [-0.4, -0.2) is 16.0 Å². The zero-order valence-corrected chi connectivity index (χ0v) is 19.0. The number of hydrogen-bond donors (Lipinski definition) is 2. The molecule has 2 N–H and O–H groups in total. The van der Waals surface area contributed by atoms with Crippen molar-refractivity contribution in [1.29, 1.82) is 0 Å². The Bertz CT molecular complexity index is 1130. The van der Waals surface area contributed by atoms with Gasteiger partial charge in [-0.05, 0) is 73.1 Å².